The predicted molar refractivity (Wildman–Crippen MR) is 130 cm³/mol. The molecule has 0 amide bonds. The lowest BCUT2D eigenvalue weighted by Gasteiger charge is -2.74. The average molecular weight is 427 g/mol. The summed E-state index contributed by atoms with van der Waals surface area (Å²) in [5.74, 6) is 3.27. The van der Waals surface area contributed by atoms with Crippen molar-refractivity contribution in [2.24, 2.45) is 56.2 Å². The fourth-order valence-corrected chi connectivity index (χ4v) is 11.2. The topological polar surface area (TPSA) is 17.1 Å². The highest BCUT2D eigenvalue weighted by Gasteiger charge is 2.70. The van der Waals surface area contributed by atoms with E-state index in [0.717, 1.165) is 30.6 Å². The fraction of sp³-hybridized carbons (Fsp3) is 0.967. The molecule has 0 unspecified atom stereocenters. The van der Waals surface area contributed by atoms with E-state index in [1.54, 1.807) is 0 Å². The predicted octanol–water partition coefficient (Wildman–Crippen LogP) is 8.46. The van der Waals surface area contributed by atoms with Gasteiger partial charge in [-0.2, -0.15) is 0 Å². The van der Waals surface area contributed by atoms with Gasteiger partial charge in [-0.05, 0) is 114 Å². The minimum absolute atomic E-state index is 0.237. The van der Waals surface area contributed by atoms with Crippen LogP contribution in [0.25, 0.3) is 0 Å². The van der Waals surface area contributed by atoms with Crippen molar-refractivity contribution in [3.05, 3.63) is 0 Å². The molecule has 1 nitrogen and oxygen atoms in total. The lowest BCUT2D eigenvalue weighted by molar-refractivity contribution is -0.256. The lowest BCUT2D eigenvalue weighted by atomic mass is 9.30. The van der Waals surface area contributed by atoms with Crippen molar-refractivity contribution < 1.29 is 4.79 Å². The van der Waals surface area contributed by atoms with Crippen molar-refractivity contribution in [1.29, 1.82) is 0 Å². The number of carbonyl (C=O) groups is 1. The van der Waals surface area contributed by atoms with Gasteiger partial charge < -0.3 is 0 Å². The molecule has 5 fully saturated rings. The van der Waals surface area contributed by atoms with Gasteiger partial charge in [-0.25, -0.2) is 0 Å². The molecule has 0 saturated heterocycles. The fourth-order valence-electron chi connectivity index (χ4n) is 11.2. The van der Waals surface area contributed by atoms with Crippen LogP contribution in [0.3, 0.4) is 0 Å². The summed E-state index contributed by atoms with van der Waals surface area (Å²) in [6.45, 7) is 20.7. The summed E-state index contributed by atoms with van der Waals surface area (Å²) in [5.41, 5.74) is 2.67. The zero-order valence-electron chi connectivity index (χ0n) is 22.0. The number of hydrogen-bond donors (Lipinski definition) is 0. The van der Waals surface area contributed by atoms with Gasteiger partial charge in [0.05, 0.1) is 0 Å². The Morgan fingerprint density at radius 3 is 1.97 bits per heavy atom. The molecule has 5 rings (SSSR count). The van der Waals surface area contributed by atoms with Crippen LogP contribution in [0.2, 0.25) is 0 Å². The number of carbonyl (C=O) groups excluding carboxylic acids is 1. The molecule has 5 aliphatic carbocycles. The molecular weight excluding hydrogens is 376 g/mol. The Hall–Kier alpha value is -0.330. The molecule has 0 aliphatic heterocycles. The zero-order valence-corrected chi connectivity index (χ0v) is 22.0. The molecule has 0 heterocycles. The maximum Gasteiger partial charge on any atom is 0.136 e. The Labute approximate surface area is 192 Å². The van der Waals surface area contributed by atoms with Crippen LogP contribution in [0.5, 0.6) is 0 Å². The summed E-state index contributed by atoms with van der Waals surface area (Å²) in [6.07, 6.45) is 14.6. The van der Waals surface area contributed by atoms with Gasteiger partial charge in [-0.3, -0.25) is 4.79 Å². The Morgan fingerprint density at radius 1 is 0.645 bits per heavy atom. The number of fused-ring (bicyclic) bond motifs is 7. The maximum absolute atomic E-state index is 12.7. The van der Waals surface area contributed by atoms with Crippen LogP contribution >= 0.6 is 0 Å². The molecule has 5 aliphatic rings. The van der Waals surface area contributed by atoms with E-state index in [1.807, 2.05) is 0 Å². The van der Waals surface area contributed by atoms with E-state index in [-0.39, 0.29) is 11.3 Å². The third-order valence-electron chi connectivity index (χ3n) is 13.7. The first-order valence-electron chi connectivity index (χ1n) is 13.7. The average Bonchev–Trinajstić information content (AvgIpc) is 2.69. The second kappa shape index (κ2) is 6.41. The van der Waals surface area contributed by atoms with E-state index in [0.29, 0.717) is 32.9 Å². The lowest BCUT2D eigenvalue weighted by Crippen LogP contribution is -2.67. The standard InChI is InChI=1S/C30H50O/c1-20-21(31)9-10-22-27(20,5)12-11-23-28(22,6)16-18-30(8)24-19-25(2,3)13-14-26(24,4)15-17-29(23,30)7/h20,22-24H,9-19H2,1-8H3/t20-,22-,23+,24-,26+,27-,28+,29+,30+/m1/s1. The Bertz CT molecular complexity index is 781. The van der Waals surface area contributed by atoms with Crippen LogP contribution in [-0.4, -0.2) is 5.78 Å². The summed E-state index contributed by atoms with van der Waals surface area (Å²) >= 11 is 0. The molecule has 176 valence electrons. The monoisotopic (exact) mass is 426 g/mol. The minimum Gasteiger partial charge on any atom is -0.299 e. The summed E-state index contributed by atoms with van der Waals surface area (Å²) in [7, 11) is 0. The van der Waals surface area contributed by atoms with Gasteiger partial charge in [0.15, 0.2) is 0 Å². The van der Waals surface area contributed by atoms with Gasteiger partial charge in [0.25, 0.3) is 0 Å². The summed E-state index contributed by atoms with van der Waals surface area (Å²) in [5, 5.41) is 0. The van der Waals surface area contributed by atoms with Crippen LogP contribution < -0.4 is 0 Å². The van der Waals surface area contributed by atoms with Gasteiger partial charge in [0.2, 0.25) is 0 Å². The number of hydrogen-bond acceptors (Lipinski definition) is 1. The molecule has 0 spiro atoms. The summed E-state index contributed by atoms with van der Waals surface area (Å²) in [6, 6.07) is 0. The van der Waals surface area contributed by atoms with Crippen molar-refractivity contribution in [3.8, 4) is 0 Å². The third kappa shape index (κ3) is 2.70. The second-order valence-electron chi connectivity index (χ2n) is 15.3. The highest BCUT2D eigenvalue weighted by atomic mass is 16.1. The van der Waals surface area contributed by atoms with Crippen LogP contribution in [-0.2, 0) is 4.79 Å². The molecule has 9 atom stereocenters. The Kier molecular flexibility index (Phi) is 4.65. The molecule has 5 saturated carbocycles. The van der Waals surface area contributed by atoms with Gasteiger partial charge >= 0.3 is 0 Å². The molecule has 1 heteroatoms. The van der Waals surface area contributed by atoms with Gasteiger partial charge in [-0.1, -0.05) is 55.4 Å². The first-order valence-corrected chi connectivity index (χ1v) is 13.7. The maximum atomic E-state index is 12.7. The highest BCUT2D eigenvalue weighted by Crippen LogP contribution is 2.78. The van der Waals surface area contributed by atoms with Gasteiger partial charge in [0, 0.05) is 12.3 Å². The molecule has 0 aromatic rings. The zero-order chi connectivity index (χ0) is 22.7. The molecule has 0 bridgehead atoms. The van der Waals surface area contributed by atoms with Gasteiger partial charge in [-0.15, -0.1) is 0 Å². The highest BCUT2D eigenvalue weighted by molar-refractivity contribution is 5.82. The van der Waals surface area contributed by atoms with E-state index in [4.69, 9.17) is 0 Å². The summed E-state index contributed by atoms with van der Waals surface area (Å²) in [4.78, 5) is 12.7. The van der Waals surface area contributed by atoms with E-state index in [1.165, 1.54) is 57.8 Å². The van der Waals surface area contributed by atoms with Crippen LogP contribution in [0.4, 0.5) is 0 Å². The molecular formula is C30H50O. The first-order chi connectivity index (χ1) is 14.2. The van der Waals surface area contributed by atoms with E-state index < -0.39 is 0 Å². The van der Waals surface area contributed by atoms with Crippen LogP contribution in [0.15, 0.2) is 0 Å². The molecule has 0 aromatic heterocycles. The van der Waals surface area contributed by atoms with Crippen LogP contribution in [0, 0.1) is 56.2 Å². The number of Topliss-reactive ketones (excluding diaryl/α,β-unsaturated/α-hetero) is 1. The first kappa shape index (κ1) is 22.5. The Balaban J connectivity index is 1.55. The van der Waals surface area contributed by atoms with Crippen molar-refractivity contribution in [2.45, 2.75) is 126 Å². The third-order valence-corrected chi connectivity index (χ3v) is 13.7. The smallest absolute Gasteiger partial charge is 0.136 e. The summed E-state index contributed by atoms with van der Waals surface area (Å²) < 4.78 is 0. The van der Waals surface area contributed by atoms with Crippen LogP contribution in [0.1, 0.15) is 126 Å². The molecule has 0 radical (unpaired) electrons. The number of rotatable bonds is 0. The minimum atomic E-state index is 0.237. The van der Waals surface area contributed by atoms with E-state index >= 15 is 0 Å². The van der Waals surface area contributed by atoms with Crippen molar-refractivity contribution in [2.75, 3.05) is 0 Å². The second-order valence-corrected chi connectivity index (χ2v) is 15.3. The molecule has 0 N–H and O–H groups in total. The van der Waals surface area contributed by atoms with E-state index in [2.05, 4.69) is 55.4 Å². The quantitative estimate of drug-likeness (QED) is 0.379. The number of ketones is 1. The molecule has 0 aromatic carbocycles. The van der Waals surface area contributed by atoms with Gasteiger partial charge in [0.1, 0.15) is 5.78 Å². The van der Waals surface area contributed by atoms with Crippen molar-refractivity contribution in [3.63, 3.8) is 0 Å². The molecule has 31 heavy (non-hydrogen) atoms. The van der Waals surface area contributed by atoms with E-state index in [9.17, 15) is 4.79 Å². The Morgan fingerprint density at radius 2 is 1.26 bits per heavy atom. The SMILES string of the molecule is C[C@@H]1C(=O)CC[C@@H]2[C@]1(C)CC[C@H]1[C@@]2(C)CC[C@@]2(C)[C@@H]3CC(C)(C)CC[C@@]3(C)CC[C@@]12C. The van der Waals surface area contributed by atoms with Crippen molar-refractivity contribution in [1.82, 2.24) is 0 Å². The largest absolute Gasteiger partial charge is 0.299 e. The van der Waals surface area contributed by atoms with Crippen molar-refractivity contribution >= 4 is 5.78 Å². The normalized spacial score (nSPS) is 58.5.